The van der Waals surface area contributed by atoms with E-state index in [1.165, 1.54) is 44.1 Å². The van der Waals surface area contributed by atoms with Crippen molar-refractivity contribution in [2.45, 2.75) is 51.9 Å². The molecule has 1 aromatic rings. The van der Waals surface area contributed by atoms with E-state index in [0.29, 0.717) is 0 Å². The maximum Gasteiger partial charge on any atom is 0.0991 e. The Morgan fingerprint density at radius 3 is 2.56 bits per heavy atom. The summed E-state index contributed by atoms with van der Waals surface area (Å²) in [6.45, 7) is 2.24. The fourth-order valence-corrected chi connectivity index (χ4v) is 1.91. The third kappa shape index (κ3) is 4.98. The fourth-order valence-electron chi connectivity index (χ4n) is 1.91. The number of rotatable bonds is 7. The first-order chi connectivity index (χ1) is 7.86. The zero-order chi connectivity index (χ0) is 11.6. The van der Waals surface area contributed by atoms with Crippen LogP contribution in [0.4, 0.5) is 0 Å². The Morgan fingerprint density at radius 1 is 1.06 bits per heavy atom. The van der Waals surface area contributed by atoms with Gasteiger partial charge < -0.3 is 0 Å². The average Bonchev–Trinajstić information content (AvgIpc) is 2.34. The van der Waals surface area contributed by atoms with Crippen LogP contribution in [0.25, 0.3) is 0 Å². The van der Waals surface area contributed by atoms with Crippen molar-refractivity contribution >= 4 is 0 Å². The minimum absolute atomic E-state index is 0.781. The molecule has 1 aromatic carbocycles. The number of unbranched alkanes of at least 4 members (excludes halogenated alkanes) is 5. The summed E-state index contributed by atoms with van der Waals surface area (Å²) in [6.07, 6.45) is 9.08. The van der Waals surface area contributed by atoms with Crippen molar-refractivity contribution in [1.82, 2.24) is 0 Å². The molecule has 0 aliphatic rings. The van der Waals surface area contributed by atoms with Gasteiger partial charge in [-0.1, -0.05) is 51.2 Å². The van der Waals surface area contributed by atoms with Gasteiger partial charge in [-0.15, -0.1) is 0 Å². The average molecular weight is 215 g/mol. The summed E-state index contributed by atoms with van der Waals surface area (Å²) in [6, 6.07) is 10.2. The van der Waals surface area contributed by atoms with Crippen molar-refractivity contribution in [3.63, 3.8) is 0 Å². The van der Waals surface area contributed by atoms with Gasteiger partial charge >= 0.3 is 0 Å². The van der Waals surface area contributed by atoms with E-state index in [2.05, 4.69) is 19.1 Å². The molecule has 0 radical (unpaired) electrons. The molecule has 0 unspecified atom stereocenters. The summed E-state index contributed by atoms with van der Waals surface area (Å²) in [5, 5.41) is 8.78. The lowest BCUT2D eigenvalue weighted by Gasteiger charge is -2.02. The Hall–Kier alpha value is -1.29. The third-order valence-corrected chi connectivity index (χ3v) is 2.88. The quantitative estimate of drug-likeness (QED) is 0.616. The van der Waals surface area contributed by atoms with E-state index in [1.807, 2.05) is 18.2 Å². The Bertz CT molecular complexity index is 336. The van der Waals surface area contributed by atoms with E-state index in [9.17, 15) is 0 Å². The molecule has 86 valence electrons. The van der Waals surface area contributed by atoms with Crippen molar-refractivity contribution < 1.29 is 0 Å². The second-order valence-electron chi connectivity index (χ2n) is 4.33. The molecule has 0 aromatic heterocycles. The number of benzene rings is 1. The van der Waals surface area contributed by atoms with Gasteiger partial charge in [0.05, 0.1) is 11.6 Å². The summed E-state index contributed by atoms with van der Waals surface area (Å²) in [7, 11) is 0. The summed E-state index contributed by atoms with van der Waals surface area (Å²) in [4.78, 5) is 0. The largest absolute Gasteiger partial charge is 0.192 e. The molecule has 0 amide bonds. The molecule has 0 N–H and O–H groups in total. The SMILES string of the molecule is CCCCCCCCc1cccc(C#N)c1. The lowest BCUT2D eigenvalue weighted by molar-refractivity contribution is 0.607. The van der Waals surface area contributed by atoms with Crippen LogP contribution >= 0.6 is 0 Å². The molecular weight excluding hydrogens is 194 g/mol. The van der Waals surface area contributed by atoms with E-state index in [-0.39, 0.29) is 0 Å². The number of aryl methyl sites for hydroxylation is 1. The van der Waals surface area contributed by atoms with Crippen molar-refractivity contribution in [3.8, 4) is 6.07 Å². The molecule has 0 aliphatic heterocycles. The maximum absolute atomic E-state index is 8.78. The first-order valence-electron chi connectivity index (χ1n) is 6.36. The first kappa shape index (κ1) is 12.8. The smallest absolute Gasteiger partial charge is 0.0991 e. The molecule has 1 heteroatoms. The van der Waals surface area contributed by atoms with Gasteiger partial charge in [0.25, 0.3) is 0 Å². The van der Waals surface area contributed by atoms with Crippen molar-refractivity contribution in [3.05, 3.63) is 35.4 Å². The minimum Gasteiger partial charge on any atom is -0.192 e. The Morgan fingerprint density at radius 2 is 1.81 bits per heavy atom. The van der Waals surface area contributed by atoms with Gasteiger partial charge in [0.15, 0.2) is 0 Å². The molecule has 0 aliphatic carbocycles. The Kier molecular flexibility index (Phi) is 6.33. The predicted octanol–water partition coefficient (Wildman–Crippen LogP) is 4.46. The van der Waals surface area contributed by atoms with Crippen LogP contribution in [0.15, 0.2) is 24.3 Å². The maximum atomic E-state index is 8.78. The molecule has 0 spiro atoms. The zero-order valence-electron chi connectivity index (χ0n) is 10.2. The van der Waals surface area contributed by atoms with Gasteiger partial charge in [-0.2, -0.15) is 5.26 Å². The van der Waals surface area contributed by atoms with E-state index < -0.39 is 0 Å². The van der Waals surface area contributed by atoms with Crippen LogP contribution in [0.3, 0.4) is 0 Å². The second kappa shape index (κ2) is 7.93. The van der Waals surface area contributed by atoms with Crippen LogP contribution in [0.2, 0.25) is 0 Å². The van der Waals surface area contributed by atoms with Crippen LogP contribution in [0, 0.1) is 11.3 Å². The van der Waals surface area contributed by atoms with Crippen molar-refractivity contribution in [2.75, 3.05) is 0 Å². The summed E-state index contributed by atoms with van der Waals surface area (Å²) in [5.41, 5.74) is 2.08. The van der Waals surface area contributed by atoms with Crippen LogP contribution < -0.4 is 0 Å². The van der Waals surface area contributed by atoms with E-state index in [0.717, 1.165) is 12.0 Å². The Balaban J connectivity index is 2.19. The Labute approximate surface area is 99.1 Å². The molecule has 0 heterocycles. The summed E-state index contributed by atoms with van der Waals surface area (Å²) < 4.78 is 0. The monoisotopic (exact) mass is 215 g/mol. The number of nitriles is 1. The molecule has 0 atom stereocenters. The predicted molar refractivity (Wildman–Crippen MR) is 68.2 cm³/mol. The summed E-state index contributed by atoms with van der Waals surface area (Å²) in [5.74, 6) is 0. The van der Waals surface area contributed by atoms with E-state index >= 15 is 0 Å². The normalized spacial score (nSPS) is 10.0. The summed E-state index contributed by atoms with van der Waals surface area (Å²) >= 11 is 0. The molecule has 16 heavy (non-hydrogen) atoms. The van der Waals surface area contributed by atoms with Gasteiger partial charge in [0.1, 0.15) is 0 Å². The molecular formula is C15H21N. The topological polar surface area (TPSA) is 23.8 Å². The van der Waals surface area contributed by atoms with E-state index in [4.69, 9.17) is 5.26 Å². The fraction of sp³-hybridized carbons (Fsp3) is 0.533. The molecule has 0 fully saturated rings. The van der Waals surface area contributed by atoms with Crippen molar-refractivity contribution in [1.29, 1.82) is 5.26 Å². The van der Waals surface area contributed by atoms with Crippen LogP contribution in [0.5, 0.6) is 0 Å². The second-order valence-corrected chi connectivity index (χ2v) is 4.33. The standard InChI is InChI=1S/C15H21N/c1-2-3-4-5-6-7-9-14-10-8-11-15(12-14)13-16/h8,10-12H,2-7,9H2,1H3. The third-order valence-electron chi connectivity index (χ3n) is 2.88. The highest BCUT2D eigenvalue weighted by molar-refractivity contribution is 5.32. The van der Waals surface area contributed by atoms with Gasteiger partial charge in [0, 0.05) is 0 Å². The molecule has 0 saturated heterocycles. The molecule has 1 rings (SSSR count). The lowest BCUT2D eigenvalue weighted by atomic mass is 10.0. The van der Waals surface area contributed by atoms with Gasteiger partial charge in [-0.25, -0.2) is 0 Å². The van der Waals surface area contributed by atoms with Crippen LogP contribution in [-0.2, 0) is 6.42 Å². The number of nitrogens with zero attached hydrogens (tertiary/aromatic N) is 1. The van der Waals surface area contributed by atoms with Crippen LogP contribution in [-0.4, -0.2) is 0 Å². The lowest BCUT2D eigenvalue weighted by Crippen LogP contribution is -1.87. The van der Waals surface area contributed by atoms with Crippen molar-refractivity contribution in [2.24, 2.45) is 0 Å². The number of hydrogen-bond donors (Lipinski definition) is 0. The zero-order valence-corrected chi connectivity index (χ0v) is 10.2. The minimum atomic E-state index is 0.781. The van der Waals surface area contributed by atoms with Gasteiger partial charge in [0.2, 0.25) is 0 Å². The molecule has 0 bridgehead atoms. The highest BCUT2D eigenvalue weighted by Gasteiger charge is 1.95. The molecule has 0 saturated carbocycles. The number of hydrogen-bond acceptors (Lipinski definition) is 1. The highest BCUT2D eigenvalue weighted by atomic mass is 14.2. The first-order valence-corrected chi connectivity index (χ1v) is 6.36. The molecule has 1 nitrogen and oxygen atoms in total. The van der Waals surface area contributed by atoms with E-state index in [1.54, 1.807) is 0 Å². The van der Waals surface area contributed by atoms with Gasteiger partial charge in [-0.3, -0.25) is 0 Å². The van der Waals surface area contributed by atoms with Gasteiger partial charge in [-0.05, 0) is 30.5 Å². The van der Waals surface area contributed by atoms with Crippen LogP contribution in [0.1, 0.15) is 56.6 Å². The highest BCUT2D eigenvalue weighted by Crippen LogP contribution is 2.11.